The van der Waals surface area contributed by atoms with Crippen molar-refractivity contribution in [3.8, 4) is 0 Å². The molecule has 1 amide bonds. The Labute approximate surface area is 161 Å². The van der Waals surface area contributed by atoms with Crippen molar-refractivity contribution in [3.05, 3.63) is 28.9 Å². The van der Waals surface area contributed by atoms with E-state index in [9.17, 15) is 9.59 Å². The van der Waals surface area contributed by atoms with Crippen LogP contribution in [0.5, 0.6) is 0 Å². The molecule has 0 bridgehead atoms. The molecular weight excluding hydrogens is 374 g/mol. The Bertz CT molecular complexity index is 847. The van der Waals surface area contributed by atoms with Crippen LogP contribution in [0.1, 0.15) is 17.4 Å². The van der Waals surface area contributed by atoms with Gasteiger partial charge in [-0.15, -0.1) is 0 Å². The van der Waals surface area contributed by atoms with E-state index in [0.29, 0.717) is 41.4 Å². The normalized spacial score (nSPS) is 16.0. The van der Waals surface area contributed by atoms with Gasteiger partial charge in [0.25, 0.3) is 0 Å². The monoisotopic (exact) mass is 395 g/mol. The smallest absolute Gasteiger partial charge is 0.356 e. The van der Waals surface area contributed by atoms with Gasteiger partial charge in [-0.2, -0.15) is 0 Å². The fourth-order valence-electron chi connectivity index (χ4n) is 2.88. The summed E-state index contributed by atoms with van der Waals surface area (Å²) in [6.45, 7) is 3.33. The van der Waals surface area contributed by atoms with Crippen molar-refractivity contribution in [2.24, 2.45) is 0 Å². The van der Waals surface area contributed by atoms with Crippen LogP contribution in [-0.2, 0) is 19.0 Å². The lowest BCUT2D eigenvalue weighted by Gasteiger charge is -2.25. The maximum Gasteiger partial charge on any atom is 0.356 e. The molecule has 1 aromatic carbocycles. The van der Waals surface area contributed by atoms with Gasteiger partial charge >= 0.3 is 5.97 Å². The van der Waals surface area contributed by atoms with E-state index in [2.05, 4.69) is 10.3 Å². The molecule has 0 radical (unpaired) electrons. The highest BCUT2D eigenvalue weighted by Gasteiger charge is 2.27. The lowest BCUT2D eigenvalue weighted by molar-refractivity contribution is -0.122. The van der Waals surface area contributed by atoms with E-state index >= 15 is 0 Å². The minimum Gasteiger partial charge on any atom is -0.464 e. The summed E-state index contributed by atoms with van der Waals surface area (Å²) in [5.74, 6) is -0.854. The van der Waals surface area contributed by atoms with Crippen LogP contribution >= 0.6 is 11.6 Å². The van der Waals surface area contributed by atoms with E-state index in [1.807, 2.05) is 11.9 Å². The number of hydrogen-bond donors (Lipinski definition) is 2. The van der Waals surface area contributed by atoms with Crippen molar-refractivity contribution < 1.29 is 23.8 Å². The van der Waals surface area contributed by atoms with Gasteiger partial charge in [-0.3, -0.25) is 9.69 Å². The number of fused-ring (bicyclic) bond motifs is 1. The molecule has 2 N–H and O–H groups in total. The van der Waals surface area contributed by atoms with Crippen LogP contribution < -0.4 is 5.32 Å². The number of amides is 1. The fraction of sp³-hybridized carbons (Fsp3) is 0.444. The zero-order valence-corrected chi connectivity index (χ0v) is 16.1. The zero-order chi connectivity index (χ0) is 19.6. The molecule has 27 heavy (non-hydrogen) atoms. The Morgan fingerprint density at radius 3 is 2.78 bits per heavy atom. The van der Waals surface area contributed by atoms with E-state index in [0.717, 1.165) is 0 Å². The van der Waals surface area contributed by atoms with Crippen LogP contribution in [0, 0.1) is 0 Å². The average molecular weight is 396 g/mol. The predicted molar refractivity (Wildman–Crippen MR) is 101 cm³/mol. The number of methoxy groups -OCH3 is 1. The number of carbonyl (C=O) groups is 2. The van der Waals surface area contributed by atoms with Gasteiger partial charge in [0, 0.05) is 22.5 Å². The van der Waals surface area contributed by atoms with E-state index in [-0.39, 0.29) is 17.9 Å². The first-order valence-corrected chi connectivity index (χ1v) is 8.92. The molecule has 2 heterocycles. The summed E-state index contributed by atoms with van der Waals surface area (Å²) in [7, 11) is 3.09. The summed E-state index contributed by atoms with van der Waals surface area (Å²) in [5.41, 5.74) is 1.18. The molecule has 3 rings (SSSR count). The number of nitrogens with zero attached hydrogens (tertiary/aromatic N) is 1. The van der Waals surface area contributed by atoms with Crippen LogP contribution in [-0.4, -0.2) is 68.0 Å². The summed E-state index contributed by atoms with van der Waals surface area (Å²) in [4.78, 5) is 29.7. The number of H-pyrrole nitrogens is 1. The Hall–Kier alpha value is -2.13. The van der Waals surface area contributed by atoms with Gasteiger partial charge < -0.3 is 24.5 Å². The molecule has 1 fully saturated rings. The standard InChI is InChI=1S/C18H22ClN3O5/c1-10(22(2)9-14-26-6-7-27-14)17(23)21-15-12-8-11(19)4-5-13(12)20-16(15)18(24)25-3/h4-5,8,10,14,20H,6-7,9H2,1-3H3,(H,21,23)/t10-/m0/s1. The molecule has 0 unspecified atom stereocenters. The second kappa shape index (κ2) is 8.26. The minimum atomic E-state index is -0.577. The maximum atomic E-state index is 12.8. The second-order valence-corrected chi connectivity index (χ2v) is 6.77. The van der Waals surface area contributed by atoms with Crippen LogP contribution in [0.2, 0.25) is 5.02 Å². The second-order valence-electron chi connectivity index (χ2n) is 6.33. The van der Waals surface area contributed by atoms with E-state index in [1.165, 1.54) is 7.11 Å². The number of likely N-dealkylation sites (N-methyl/N-ethyl adjacent to an activating group) is 1. The summed E-state index contributed by atoms with van der Waals surface area (Å²) < 4.78 is 15.7. The molecule has 146 valence electrons. The lowest BCUT2D eigenvalue weighted by atomic mass is 10.2. The highest BCUT2D eigenvalue weighted by molar-refractivity contribution is 6.31. The number of ether oxygens (including phenoxy) is 3. The SMILES string of the molecule is COC(=O)c1[nH]c2ccc(Cl)cc2c1NC(=O)[C@H](C)N(C)CC1OCCO1. The summed E-state index contributed by atoms with van der Waals surface area (Å²) in [5, 5.41) is 3.96. The average Bonchev–Trinajstić information content (AvgIpc) is 3.28. The molecule has 1 aliphatic rings. The molecule has 0 spiro atoms. The van der Waals surface area contributed by atoms with Gasteiger partial charge in [0.05, 0.1) is 32.1 Å². The quantitative estimate of drug-likeness (QED) is 0.729. The third kappa shape index (κ3) is 4.24. The Balaban J connectivity index is 1.82. The fourth-order valence-corrected chi connectivity index (χ4v) is 3.05. The summed E-state index contributed by atoms with van der Waals surface area (Å²) in [6.07, 6.45) is -0.345. The first kappa shape index (κ1) is 19.6. The Morgan fingerprint density at radius 2 is 2.11 bits per heavy atom. The number of halogens is 1. The summed E-state index contributed by atoms with van der Waals surface area (Å²) >= 11 is 6.08. The predicted octanol–water partition coefficient (Wildman–Crippen LogP) is 2.24. The van der Waals surface area contributed by atoms with E-state index in [4.69, 9.17) is 25.8 Å². The maximum absolute atomic E-state index is 12.8. The van der Waals surface area contributed by atoms with Crippen molar-refractivity contribution in [1.29, 1.82) is 0 Å². The summed E-state index contributed by atoms with van der Waals surface area (Å²) in [6, 6.07) is 4.64. The molecular formula is C18H22ClN3O5. The number of esters is 1. The highest BCUT2D eigenvalue weighted by Crippen LogP contribution is 2.31. The van der Waals surface area contributed by atoms with Gasteiger partial charge in [0.2, 0.25) is 5.91 Å². The third-order valence-electron chi connectivity index (χ3n) is 4.57. The molecule has 2 aromatic rings. The van der Waals surface area contributed by atoms with Gasteiger partial charge in [-0.1, -0.05) is 11.6 Å². The van der Waals surface area contributed by atoms with Crippen LogP contribution in [0.3, 0.4) is 0 Å². The Morgan fingerprint density at radius 1 is 1.41 bits per heavy atom. The number of benzene rings is 1. The van der Waals surface area contributed by atoms with Crippen molar-refractivity contribution in [2.75, 3.05) is 39.2 Å². The van der Waals surface area contributed by atoms with Crippen LogP contribution in [0.25, 0.3) is 10.9 Å². The topological polar surface area (TPSA) is 92.9 Å². The van der Waals surface area contributed by atoms with Crippen molar-refractivity contribution >= 4 is 40.1 Å². The molecule has 1 atom stereocenters. The van der Waals surface area contributed by atoms with E-state index < -0.39 is 12.0 Å². The number of rotatable bonds is 6. The van der Waals surface area contributed by atoms with Crippen LogP contribution in [0.4, 0.5) is 5.69 Å². The number of aromatic amines is 1. The van der Waals surface area contributed by atoms with Crippen molar-refractivity contribution in [3.63, 3.8) is 0 Å². The number of anilines is 1. The van der Waals surface area contributed by atoms with E-state index in [1.54, 1.807) is 25.1 Å². The molecule has 9 heteroatoms. The third-order valence-corrected chi connectivity index (χ3v) is 4.80. The molecule has 1 aliphatic heterocycles. The highest BCUT2D eigenvalue weighted by atomic mass is 35.5. The van der Waals surface area contributed by atoms with Gasteiger partial charge in [-0.05, 0) is 32.2 Å². The minimum absolute atomic E-state index is 0.167. The molecule has 1 saturated heterocycles. The molecule has 0 aliphatic carbocycles. The first-order chi connectivity index (χ1) is 12.9. The molecule has 1 aromatic heterocycles. The lowest BCUT2D eigenvalue weighted by Crippen LogP contribution is -2.43. The number of aromatic nitrogens is 1. The molecule has 0 saturated carbocycles. The van der Waals surface area contributed by atoms with Crippen molar-refractivity contribution in [1.82, 2.24) is 9.88 Å². The van der Waals surface area contributed by atoms with Gasteiger partial charge in [0.15, 0.2) is 6.29 Å². The number of hydrogen-bond acceptors (Lipinski definition) is 6. The Kier molecular flexibility index (Phi) is 6.01. The first-order valence-electron chi connectivity index (χ1n) is 8.54. The van der Waals surface area contributed by atoms with Crippen molar-refractivity contribution in [2.45, 2.75) is 19.3 Å². The molecule has 8 nitrogen and oxygen atoms in total. The van der Waals surface area contributed by atoms with Gasteiger partial charge in [0.1, 0.15) is 5.69 Å². The number of nitrogens with one attached hydrogen (secondary N) is 2. The zero-order valence-electron chi connectivity index (χ0n) is 15.4. The number of carbonyl (C=O) groups excluding carboxylic acids is 2. The van der Waals surface area contributed by atoms with Gasteiger partial charge in [-0.25, -0.2) is 4.79 Å². The van der Waals surface area contributed by atoms with Crippen LogP contribution in [0.15, 0.2) is 18.2 Å². The largest absolute Gasteiger partial charge is 0.464 e.